The van der Waals surface area contributed by atoms with Gasteiger partial charge in [-0.1, -0.05) is 12.1 Å². The van der Waals surface area contributed by atoms with Crippen molar-refractivity contribution in [2.45, 2.75) is 31.1 Å². The van der Waals surface area contributed by atoms with Crippen molar-refractivity contribution in [3.63, 3.8) is 0 Å². The van der Waals surface area contributed by atoms with Crippen molar-refractivity contribution in [2.75, 3.05) is 36.7 Å². The van der Waals surface area contributed by atoms with Gasteiger partial charge in [-0.15, -0.1) is 0 Å². The molecule has 0 radical (unpaired) electrons. The van der Waals surface area contributed by atoms with Crippen LogP contribution in [0.2, 0.25) is 0 Å². The van der Waals surface area contributed by atoms with Crippen LogP contribution in [0.5, 0.6) is 0 Å². The second kappa shape index (κ2) is 8.90. The number of nitrogens with zero attached hydrogens (tertiary/aromatic N) is 3. The van der Waals surface area contributed by atoms with E-state index >= 15 is 0 Å². The third-order valence-electron chi connectivity index (χ3n) is 6.33. The minimum Gasteiger partial charge on any atom is -0.358 e. The first kappa shape index (κ1) is 22.3. The van der Waals surface area contributed by atoms with Gasteiger partial charge in [0.15, 0.2) is 0 Å². The topological polar surface area (TPSA) is 99.7 Å². The van der Waals surface area contributed by atoms with Crippen LogP contribution in [-0.4, -0.2) is 62.6 Å². The molecular formula is C23H28N4O4S. The Morgan fingerprint density at radius 3 is 2.62 bits per heavy atom. The fraction of sp³-hybridized carbons (Fsp3) is 0.435. The van der Waals surface area contributed by atoms with Crippen molar-refractivity contribution in [1.82, 2.24) is 15.2 Å². The maximum absolute atomic E-state index is 13.4. The van der Waals surface area contributed by atoms with Gasteiger partial charge in [0.2, 0.25) is 15.9 Å². The molecule has 2 aliphatic heterocycles. The first-order valence-electron chi connectivity index (χ1n) is 10.9. The van der Waals surface area contributed by atoms with E-state index in [0.717, 1.165) is 6.42 Å². The van der Waals surface area contributed by atoms with Crippen LogP contribution in [0.1, 0.15) is 41.7 Å². The molecule has 2 aliphatic rings. The van der Waals surface area contributed by atoms with E-state index in [9.17, 15) is 18.0 Å². The highest BCUT2D eigenvalue weighted by molar-refractivity contribution is 7.92. The SMILES string of the molecule is CNC(=O)[C@@]1(c2ccccn2)CCCN(C(=O)c2cccc(N3CCCCS3(=O)=O)c2)C1. The van der Waals surface area contributed by atoms with E-state index in [-0.39, 0.29) is 24.1 Å². The summed E-state index contributed by atoms with van der Waals surface area (Å²) in [6, 6.07) is 12.2. The van der Waals surface area contributed by atoms with E-state index in [1.165, 1.54) is 4.31 Å². The molecule has 2 saturated heterocycles. The maximum Gasteiger partial charge on any atom is 0.253 e. The number of piperidine rings is 1. The molecule has 4 rings (SSSR count). The van der Waals surface area contributed by atoms with Crippen molar-refractivity contribution in [2.24, 2.45) is 0 Å². The van der Waals surface area contributed by atoms with Crippen LogP contribution in [-0.2, 0) is 20.2 Å². The third kappa shape index (κ3) is 4.09. The molecule has 1 aromatic carbocycles. The molecule has 1 atom stereocenters. The van der Waals surface area contributed by atoms with E-state index in [1.807, 2.05) is 12.1 Å². The molecule has 1 aromatic heterocycles. The van der Waals surface area contributed by atoms with Crippen LogP contribution in [0.25, 0.3) is 0 Å². The van der Waals surface area contributed by atoms with E-state index < -0.39 is 15.4 Å². The number of aromatic nitrogens is 1. The van der Waals surface area contributed by atoms with Gasteiger partial charge >= 0.3 is 0 Å². The lowest BCUT2D eigenvalue weighted by atomic mass is 9.75. The summed E-state index contributed by atoms with van der Waals surface area (Å²) in [6.07, 6.45) is 4.36. The molecule has 0 spiro atoms. The number of anilines is 1. The summed E-state index contributed by atoms with van der Waals surface area (Å²) >= 11 is 0. The predicted molar refractivity (Wildman–Crippen MR) is 122 cm³/mol. The molecule has 2 fully saturated rings. The first-order valence-corrected chi connectivity index (χ1v) is 12.5. The molecule has 0 unspecified atom stereocenters. The van der Waals surface area contributed by atoms with E-state index in [1.54, 1.807) is 48.5 Å². The molecule has 3 heterocycles. The van der Waals surface area contributed by atoms with Crippen LogP contribution in [0.3, 0.4) is 0 Å². The number of carbonyl (C=O) groups excluding carboxylic acids is 2. The summed E-state index contributed by atoms with van der Waals surface area (Å²) in [7, 11) is -1.77. The quantitative estimate of drug-likeness (QED) is 0.758. The van der Waals surface area contributed by atoms with Crippen molar-refractivity contribution >= 4 is 27.5 Å². The molecule has 0 saturated carbocycles. The smallest absolute Gasteiger partial charge is 0.253 e. The highest BCUT2D eigenvalue weighted by Crippen LogP contribution is 2.34. The normalized spacial score (nSPS) is 22.9. The van der Waals surface area contributed by atoms with Gasteiger partial charge in [0.1, 0.15) is 5.41 Å². The van der Waals surface area contributed by atoms with E-state index in [4.69, 9.17) is 0 Å². The zero-order valence-corrected chi connectivity index (χ0v) is 19.0. The minimum atomic E-state index is -3.37. The first-order chi connectivity index (χ1) is 15.4. The van der Waals surface area contributed by atoms with Crippen LogP contribution in [0, 0.1) is 0 Å². The standard InChI is InChI=1S/C23H28N4O4S/c1-24-22(29)23(20-10-2-3-12-25-20)11-7-13-26(17-23)21(28)18-8-6-9-19(16-18)27-14-4-5-15-32(27,30)31/h2-3,6,8-10,12,16H,4-5,7,11,13-15,17H2,1H3,(H,24,29)/t23-/m0/s1. The summed E-state index contributed by atoms with van der Waals surface area (Å²) in [5.41, 5.74) is 0.648. The number of nitrogens with one attached hydrogen (secondary N) is 1. The molecule has 1 N–H and O–H groups in total. The number of rotatable bonds is 4. The predicted octanol–water partition coefficient (Wildman–Crippen LogP) is 1.93. The molecule has 170 valence electrons. The van der Waals surface area contributed by atoms with Crippen molar-refractivity contribution in [3.8, 4) is 0 Å². The Hall–Kier alpha value is -2.94. The van der Waals surface area contributed by atoms with Crippen LogP contribution >= 0.6 is 0 Å². The second-order valence-corrected chi connectivity index (χ2v) is 10.4. The number of sulfonamides is 1. The average Bonchev–Trinajstić information content (AvgIpc) is 2.83. The Labute approximate surface area is 188 Å². The number of amides is 2. The van der Waals surface area contributed by atoms with E-state index in [2.05, 4.69) is 10.3 Å². The van der Waals surface area contributed by atoms with Gasteiger partial charge in [-0.2, -0.15) is 0 Å². The minimum absolute atomic E-state index is 0.121. The van der Waals surface area contributed by atoms with Gasteiger partial charge < -0.3 is 10.2 Å². The number of hydrogen-bond donors (Lipinski definition) is 1. The monoisotopic (exact) mass is 456 g/mol. The van der Waals surface area contributed by atoms with Gasteiger partial charge in [-0.25, -0.2) is 8.42 Å². The lowest BCUT2D eigenvalue weighted by molar-refractivity contribution is -0.128. The highest BCUT2D eigenvalue weighted by Gasteiger charge is 2.45. The lowest BCUT2D eigenvalue weighted by Gasteiger charge is -2.41. The Bertz CT molecular complexity index is 1110. The second-order valence-electron chi connectivity index (χ2n) is 8.35. The molecule has 2 amide bonds. The van der Waals surface area contributed by atoms with Gasteiger partial charge in [-0.3, -0.25) is 18.9 Å². The van der Waals surface area contributed by atoms with Gasteiger partial charge in [-0.05, 0) is 56.0 Å². The largest absolute Gasteiger partial charge is 0.358 e. The average molecular weight is 457 g/mol. The maximum atomic E-state index is 13.4. The molecule has 8 nitrogen and oxygen atoms in total. The van der Waals surface area contributed by atoms with Gasteiger partial charge in [0.05, 0.1) is 17.1 Å². The number of likely N-dealkylation sites (N-methyl/N-ethyl adjacent to an activating group) is 1. The Morgan fingerprint density at radius 2 is 1.91 bits per heavy atom. The Morgan fingerprint density at radius 1 is 1.06 bits per heavy atom. The zero-order valence-electron chi connectivity index (χ0n) is 18.2. The highest BCUT2D eigenvalue weighted by atomic mass is 32.2. The molecule has 2 aromatic rings. The number of hydrogen-bond acceptors (Lipinski definition) is 5. The van der Waals surface area contributed by atoms with Crippen LogP contribution in [0.15, 0.2) is 48.7 Å². The fourth-order valence-electron chi connectivity index (χ4n) is 4.68. The molecular weight excluding hydrogens is 428 g/mol. The summed E-state index contributed by atoms with van der Waals surface area (Å²) in [5, 5.41) is 2.74. The summed E-state index contributed by atoms with van der Waals surface area (Å²) in [4.78, 5) is 32.5. The summed E-state index contributed by atoms with van der Waals surface area (Å²) < 4.78 is 26.4. The molecule has 0 bridgehead atoms. The van der Waals surface area contributed by atoms with Crippen molar-refractivity contribution in [3.05, 3.63) is 59.9 Å². The third-order valence-corrected chi connectivity index (χ3v) is 8.20. The summed E-state index contributed by atoms with van der Waals surface area (Å²) in [6.45, 7) is 1.16. The number of carbonyl (C=O) groups is 2. The molecule has 9 heteroatoms. The number of pyridine rings is 1. The van der Waals surface area contributed by atoms with Gasteiger partial charge in [0, 0.05) is 38.4 Å². The Kier molecular flexibility index (Phi) is 6.19. The van der Waals surface area contributed by atoms with Crippen LogP contribution in [0.4, 0.5) is 5.69 Å². The molecule has 32 heavy (non-hydrogen) atoms. The van der Waals surface area contributed by atoms with Crippen molar-refractivity contribution < 1.29 is 18.0 Å². The zero-order chi connectivity index (χ0) is 22.8. The summed E-state index contributed by atoms with van der Waals surface area (Å²) in [5.74, 6) is -0.261. The fourth-order valence-corrected chi connectivity index (χ4v) is 6.31. The number of likely N-dealkylation sites (tertiary alicyclic amines) is 1. The van der Waals surface area contributed by atoms with Crippen LogP contribution < -0.4 is 9.62 Å². The Balaban J connectivity index is 1.63. The number of benzene rings is 1. The molecule has 0 aliphatic carbocycles. The van der Waals surface area contributed by atoms with E-state index in [0.29, 0.717) is 49.3 Å². The lowest BCUT2D eigenvalue weighted by Crippen LogP contribution is -2.56. The van der Waals surface area contributed by atoms with Crippen molar-refractivity contribution in [1.29, 1.82) is 0 Å². The van der Waals surface area contributed by atoms with Gasteiger partial charge in [0.25, 0.3) is 5.91 Å².